The van der Waals surface area contributed by atoms with Crippen molar-refractivity contribution in [2.24, 2.45) is 5.92 Å². The fourth-order valence-corrected chi connectivity index (χ4v) is 1.32. The third kappa shape index (κ3) is 6.63. The van der Waals surface area contributed by atoms with Crippen LogP contribution in [0, 0.1) is 5.92 Å². The Balaban J connectivity index is 0.000000364. The first-order valence-corrected chi connectivity index (χ1v) is 5.16. The Labute approximate surface area is 86.5 Å². The SMILES string of the molecule is CC(=O)N1CCC(C)CC1.CC(C)=O. The highest BCUT2D eigenvalue weighted by molar-refractivity contribution is 5.73. The molecule has 0 radical (unpaired) electrons. The van der Waals surface area contributed by atoms with E-state index in [9.17, 15) is 9.59 Å². The van der Waals surface area contributed by atoms with E-state index in [4.69, 9.17) is 0 Å². The number of hydrogen-bond acceptors (Lipinski definition) is 2. The number of amides is 1. The second-order valence-corrected chi connectivity index (χ2v) is 4.10. The minimum absolute atomic E-state index is 0.167. The van der Waals surface area contributed by atoms with Crippen LogP contribution >= 0.6 is 0 Å². The molecular formula is C11H21NO2. The van der Waals surface area contributed by atoms with Gasteiger partial charge in [0.15, 0.2) is 0 Å². The molecule has 0 saturated carbocycles. The molecule has 82 valence electrons. The lowest BCUT2D eigenvalue weighted by Gasteiger charge is -2.29. The zero-order valence-corrected chi connectivity index (χ0v) is 9.67. The number of Topliss-reactive ketones (excluding diaryl/α,β-unsaturated/α-hetero) is 1. The van der Waals surface area contributed by atoms with Crippen LogP contribution in [0.4, 0.5) is 0 Å². The Kier molecular flexibility index (Phi) is 6.17. The van der Waals surface area contributed by atoms with Gasteiger partial charge in [0, 0.05) is 20.0 Å². The van der Waals surface area contributed by atoms with E-state index in [0.29, 0.717) is 0 Å². The largest absolute Gasteiger partial charge is 0.343 e. The van der Waals surface area contributed by atoms with E-state index in [0.717, 1.165) is 19.0 Å². The molecule has 1 aliphatic rings. The minimum atomic E-state index is 0.167. The highest BCUT2D eigenvalue weighted by Gasteiger charge is 2.16. The average Bonchev–Trinajstić information content (AvgIpc) is 2.03. The van der Waals surface area contributed by atoms with Crippen molar-refractivity contribution >= 4 is 11.7 Å². The van der Waals surface area contributed by atoms with Crippen molar-refractivity contribution in [1.29, 1.82) is 0 Å². The fourth-order valence-electron chi connectivity index (χ4n) is 1.32. The van der Waals surface area contributed by atoms with Crippen LogP contribution in [0.3, 0.4) is 0 Å². The lowest BCUT2D eigenvalue weighted by atomic mass is 9.99. The Morgan fingerprint density at radius 3 is 1.71 bits per heavy atom. The number of likely N-dealkylation sites (tertiary alicyclic amines) is 1. The first-order chi connectivity index (χ1) is 6.43. The van der Waals surface area contributed by atoms with Gasteiger partial charge in [-0.25, -0.2) is 0 Å². The number of nitrogens with zero attached hydrogens (tertiary/aromatic N) is 1. The van der Waals surface area contributed by atoms with E-state index >= 15 is 0 Å². The molecule has 0 bridgehead atoms. The number of rotatable bonds is 0. The third-order valence-corrected chi connectivity index (χ3v) is 2.23. The van der Waals surface area contributed by atoms with Gasteiger partial charge >= 0.3 is 0 Å². The number of carbonyl (C=O) groups excluding carboxylic acids is 2. The zero-order valence-electron chi connectivity index (χ0n) is 9.67. The molecule has 0 aliphatic carbocycles. The summed E-state index contributed by atoms with van der Waals surface area (Å²) in [6.07, 6.45) is 2.36. The summed E-state index contributed by atoms with van der Waals surface area (Å²) < 4.78 is 0. The highest BCUT2D eigenvalue weighted by Crippen LogP contribution is 2.15. The summed E-state index contributed by atoms with van der Waals surface area (Å²) in [5, 5.41) is 0. The maximum atomic E-state index is 10.8. The predicted molar refractivity (Wildman–Crippen MR) is 57.0 cm³/mol. The molecule has 1 aliphatic heterocycles. The van der Waals surface area contributed by atoms with Gasteiger partial charge in [-0.05, 0) is 32.6 Å². The minimum Gasteiger partial charge on any atom is -0.343 e. The molecule has 0 aromatic carbocycles. The number of ketones is 1. The van der Waals surface area contributed by atoms with Gasteiger partial charge in [-0.15, -0.1) is 0 Å². The van der Waals surface area contributed by atoms with Crippen LogP contribution in [0.15, 0.2) is 0 Å². The molecule has 0 aromatic heterocycles. The quantitative estimate of drug-likeness (QED) is 0.597. The molecule has 14 heavy (non-hydrogen) atoms. The van der Waals surface area contributed by atoms with E-state index in [2.05, 4.69) is 6.92 Å². The first kappa shape index (κ1) is 13.1. The fraction of sp³-hybridized carbons (Fsp3) is 0.818. The molecule has 3 nitrogen and oxygen atoms in total. The molecule has 1 saturated heterocycles. The van der Waals surface area contributed by atoms with E-state index in [1.807, 2.05) is 4.90 Å². The Morgan fingerprint density at radius 1 is 1.07 bits per heavy atom. The highest BCUT2D eigenvalue weighted by atomic mass is 16.2. The lowest BCUT2D eigenvalue weighted by molar-refractivity contribution is -0.130. The Bertz CT molecular complexity index is 189. The molecule has 1 heterocycles. The number of hydrogen-bond donors (Lipinski definition) is 0. The summed E-state index contributed by atoms with van der Waals surface area (Å²) in [4.78, 5) is 22.2. The van der Waals surface area contributed by atoms with Gasteiger partial charge in [0.05, 0.1) is 0 Å². The molecule has 0 aromatic rings. The summed E-state index contributed by atoms with van der Waals surface area (Å²) in [7, 11) is 0. The standard InChI is InChI=1S/C8H15NO.C3H6O/c1-7-3-5-9(6-4-7)8(2)10;1-3(2)4/h7H,3-6H2,1-2H3;1-2H3. The van der Waals surface area contributed by atoms with E-state index in [-0.39, 0.29) is 11.7 Å². The van der Waals surface area contributed by atoms with Gasteiger partial charge in [0.2, 0.25) is 5.91 Å². The van der Waals surface area contributed by atoms with E-state index in [1.165, 1.54) is 26.7 Å². The van der Waals surface area contributed by atoms with Crippen LogP contribution in [-0.2, 0) is 9.59 Å². The maximum Gasteiger partial charge on any atom is 0.219 e. The van der Waals surface area contributed by atoms with E-state index in [1.54, 1.807) is 6.92 Å². The van der Waals surface area contributed by atoms with Crippen molar-refractivity contribution in [1.82, 2.24) is 4.90 Å². The van der Waals surface area contributed by atoms with Crippen molar-refractivity contribution in [3.8, 4) is 0 Å². The Morgan fingerprint density at radius 2 is 1.43 bits per heavy atom. The summed E-state index contributed by atoms with van der Waals surface area (Å²) in [5.41, 5.74) is 0. The summed E-state index contributed by atoms with van der Waals surface area (Å²) >= 11 is 0. The molecule has 1 amide bonds. The summed E-state index contributed by atoms with van der Waals surface area (Å²) in [6, 6.07) is 0. The normalized spacial score (nSPS) is 17.0. The average molecular weight is 199 g/mol. The molecule has 1 rings (SSSR count). The van der Waals surface area contributed by atoms with Gasteiger partial charge in [0.1, 0.15) is 5.78 Å². The molecule has 0 spiro atoms. The van der Waals surface area contributed by atoms with E-state index < -0.39 is 0 Å². The van der Waals surface area contributed by atoms with Crippen molar-refractivity contribution < 1.29 is 9.59 Å². The molecular weight excluding hydrogens is 178 g/mol. The van der Waals surface area contributed by atoms with Gasteiger partial charge in [-0.1, -0.05) is 6.92 Å². The van der Waals surface area contributed by atoms with Crippen molar-refractivity contribution in [2.75, 3.05) is 13.1 Å². The second-order valence-electron chi connectivity index (χ2n) is 4.10. The lowest BCUT2D eigenvalue weighted by Crippen LogP contribution is -2.36. The monoisotopic (exact) mass is 199 g/mol. The third-order valence-electron chi connectivity index (χ3n) is 2.23. The van der Waals surface area contributed by atoms with Gasteiger partial charge in [0.25, 0.3) is 0 Å². The van der Waals surface area contributed by atoms with Crippen LogP contribution in [0.25, 0.3) is 0 Å². The summed E-state index contributed by atoms with van der Waals surface area (Å²) in [6.45, 7) is 8.89. The van der Waals surface area contributed by atoms with Crippen molar-refractivity contribution in [2.45, 2.75) is 40.5 Å². The smallest absolute Gasteiger partial charge is 0.219 e. The van der Waals surface area contributed by atoms with Gasteiger partial charge < -0.3 is 9.69 Å². The number of carbonyl (C=O) groups is 2. The molecule has 0 atom stereocenters. The predicted octanol–water partition coefficient (Wildman–Crippen LogP) is 1.86. The molecule has 1 fully saturated rings. The number of piperidine rings is 1. The zero-order chi connectivity index (χ0) is 11.1. The van der Waals surface area contributed by atoms with Crippen LogP contribution in [-0.4, -0.2) is 29.7 Å². The second kappa shape index (κ2) is 6.57. The van der Waals surface area contributed by atoms with Gasteiger partial charge in [-0.3, -0.25) is 4.79 Å². The summed E-state index contributed by atoms with van der Waals surface area (Å²) in [5.74, 6) is 1.21. The molecule has 3 heteroatoms. The first-order valence-electron chi connectivity index (χ1n) is 5.16. The Hall–Kier alpha value is -0.860. The maximum absolute atomic E-state index is 10.8. The van der Waals surface area contributed by atoms with Crippen molar-refractivity contribution in [3.05, 3.63) is 0 Å². The van der Waals surface area contributed by atoms with Gasteiger partial charge in [-0.2, -0.15) is 0 Å². The van der Waals surface area contributed by atoms with Crippen LogP contribution in [0.5, 0.6) is 0 Å². The molecule has 0 unspecified atom stereocenters. The van der Waals surface area contributed by atoms with Crippen molar-refractivity contribution in [3.63, 3.8) is 0 Å². The van der Waals surface area contributed by atoms with Crippen LogP contribution in [0.2, 0.25) is 0 Å². The van der Waals surface area contributed by atoms with Crippen LogP contribution in [0.1, 0.15) is 40.5 Å². The van der Waals surface area contributed by atoms with Crippen LogP contribution < -0.4 is 0 Å². The topological polar surface area (TPSA) is 37.4 Å². The molecule has 0 N–H and O–H groups in total.